The van der Waals surface area contributed by atoms with Gasteiger partial charge in [-0.25, -0.2) is 17.6 Å². The Balaban J connectivity index is 1.34. The largest absolute Gasteiger partial charge is 0.335 e. The molecule has 10 heteroatoms. The third-order valence-corrected chi connectivity index (χ3v) is 8.54. The van der Waals surface area contributed by atoms with Crippen LogP contribution in [0.5, 0.6) is 0 Å². The molecule has 1 saturated carbocycles. The molecule has 2 aromatic rings. The summed E-state index contributed by atoms with van der Waals surface area (Å²) in [6.07, 6.45) is 6.47. The standard InChI is InChI=1S/C24H29FN4O4S/c25-18-5-4-8-20(12-18)34(32,33)27-21-9-10-22-17-11-16(14-29(22)23(21)30)13-28(15-17)24(31)26-19-6-2-1-3-7-19/h4-5,8-10,12,16-17,19,27H,1-3,6-7,11,13-15H2,(H,26,31)/t16-,17+/m0/s1. The van der Waals surface area contributed by atoms with Crippen LogP contribution < -0.4 is 15.6 Å². The molecule has 0 spiro atoms. The highest BCUT2D eigenvalue weighted by atomic mass is 32.2. The Morgan fingerprint density at radius 2 is 1.82 bits per heavy atom. The predicted octanol–water partition coefficient (Wildman–Crippen LogP) is 3.25. The molecule has 1 aromatic heterocycles. The second-order valence-electron chi connectivity index (χ2n) is 9.64. The van der Waals surface area contributed by atoms with Crippen LogP contribution in [0.25, 0.3) is 0 Å². The molecular formula is C24H29FN4O4S. The van der Waals surface area contributed by atoms with E-state index in [0.717, 1.165) is 49.9 Å². The fourth-order valence-electron chi connectivity index (χ4n) is 5.54. The number of benzene rings is 1. The molecule has 2 aliphatic heterocycles. The molecule has 3 heterocycles. The highest BCUT2D eigenvalue weighted by Crippen LogP contribution is 2.35. The van der Waals surface area contributed by atoms with Gasteiger partial charge in [0.05, 0.1) is 4.90 Å². The first kappa shape index (κ1) is 22.9. The van der Waals surface area contributed by atoms with Gasteiger partial charge in [0.2, 0.25) is 0 Å². The Bertz CT molecular complexity index is 1260. The smallest absolute Gasteiger partial charge is 0.317 e. The van der Waals surface area contributed by atoms with Crippen LogP contribution in [0, 0.1) is 11.7 Å². The van der Waals surface area contributed by atoms with Crippen molar-refractivity contribution in [2.75, 3.05) is 17.8 Å². The van der Waals surface area contributed by atoms with Crippen molar-refractivity contribution < 1.29 is 17.6 Å². The lowest BCUT2D eigenvalue weighted by Crippen LogP contribution is -2.53. The molecule has 2 N–H and O–H groups in total. The van der Waals surface area contributed by atoms with Crippen LogP contribution >= 0.6 is 0 Å². The van der Waals surface area contributed by atoms with Crippen molar-refractivity contribution in [3.8, 4) is 0 Å². The summed E-state index contributed by atoms with van der Waals surface area (Å²) in [5, 5.41) is 3.18. The van der Waals surface area contributed by atoms with Crippen molar-refractivity contribution in [3.63, 3.8) is 0 Å². The number of fused-ring (bicyclic) bond motifs is 4. The van der Waals surface area contributed by atoms with Gasteiger partial charge < -0.3 is 14.8 Å². The van der Waals surface area contributed by atoms with Crippen molar-refractivity contribution in [2.24, 2.45) is 5.92 Å². The Morgan fingerprint density at radius 3 is 2.59 bits per heavy atom. The molecular weight excluding hydrogens is 459 g/mol. The van der Waals surface area contributed by atoms with Crippen LogP contribution in [-0.4, -0.2) is 43.0 Å². The van der Waals surface area contributed by atoms with Gasteiger partial charge in [-0.05, 0) is 55.5 Å². The van der Waals surface area contributed by atoms with Crippen LogP contribution in [0.4, 0.5) is 14.9 Å². The van der Waals surface area contributed by atoms with E-state index >= 15 is 0 Å². The number of nitrogens with one attached hydrogen (secondary N) is 2. The average Bonchev–Trinajstić information content (AvgIpc) is 2.81. The quantitative estimate of drug-likeness (QED) is 0.690. The molecule has 1 aromatic carbocycles. The van der Waals surface area contributed by atoms with Gasteiger partial charge in [0.15, 0.2) is 0 Å². The fraction of sp³-hybridized carbons (Fsp3) is 0.500. The number of halogens is 1. The van der Waals surface area contributed by atoms with Gasteiger partial charge in [-0.1, -0.05) is 25.3 Å². The normalized spacial score (nSPS) is 22.7. The predicted molar refractivity (Wildman–Crippen MR) is 126 cm³/mol. The third-order valence-electron chi connectivity index (χ3n) is 7.17. The molecule has 0 unspecified atom stereocenters. The Morgan fingerprint density at radius 1 is 1.03 bits per heavy atom. The number of piperidine rings is 1. The number of likely N-dealkylation sites (tertiary alicyclic amines) is 1. The first-order valence-corrected chi connectivity index (χ1v) is 13.4. The van der Waals surface area contributed by atoms with E-state index in [9.17, 15) is 22.4 Å². The summed E-state index contributed by atoms with van der Waals surface area (Å²) in [6.45, 7) is 1.52. The van der Waals surface area contributed by atoms with E-state index in [1.54, 1.807) is 10.6 Å². The maximum absolute atomic E-state index is 13.5. The summed E-state index contributed by atoms with van der Waals surface area (Å²) in [4.78, 5) is 27.7. The molecule has 1 saturated heterocycles. The van der Waals surface area contributed by atoms with E-state index in [2.05, 4.69) is 10.0 Å². The molecule has 3 aliphatic rings. The number of carbonyl (C=O) groups is 1. The van der Waals surface area contributed by atoms with Gasteiger partial charge in [0.1, 0.15) is 11.5 Å². The molecule has 2 fully saturated rings. The summed E-state index contributed by atoms with van der Waals surface area (Å²) in [7, 11) is -4.10. The lowest BCUT2D eigenvalue weighted by molar-refractivity contribution is 0.127. The highest BCUT2D eigenvalue weighted by Gasteiger charge is 2.37. The van der Waals surface area contributed by atoms with Gasteiger partial charge in [-0.15, -0.1) is 0 Å². The Labute approximate surface area is 198 Å². The molecule has 2 atom stereocenters. The molecule has 8 nitrogen and oxygen atoms in total. The number of pyridine rings is 1. The lowest BCUT2D eigenvalue weighted by atomic mass is 9.83. The summed E-state index contributed by atoms with van der Waals surface area (Å²) in [6, 6.07) is 8.09. The van der Waals surface area contributed by atoms with E-state index in [1.807, 2.05) is 4.90 Å². The lowest BCUT2D eigenvalue weighted by Gasteiger charge is -2.43. The first-order valence-electron chi connectivity index (χ1n) is 11.9. The number of nitrogens with zero attached hydrogens (tertiary/aromatic N) is 2. The Kier molecular flexibility index (Phi) is 6.09. The highest BCUT2D eigenvalue weighted by molar-refractivity contribution is 7.92. The number of urea groups is 1. The second-order valence-corrected chi connectivity index (χ2v) is 11.3. The molecule has 2 amide bonds. The number of sulfonamides is 1. The third kappa shape index (κ3) is 4.55. The zero-order valence-electron chi connectivity index (χ0n) is 18.9. The van der Waals surface area contributed by atoms with Crippen molar-refractivity contribution in [1.29, 1.82) is 0 Å². The van der Waals surface area contributed by atoms with E-state index in [1.165, 1.54) is 24.6 Å². The van der Waals surface area contributed by atoms with Crippen LogP contribution in [0.2, 0.25) is 0 Å². The Hall–Kier alpha value is -2.88. The molecule has 5 rings (SSSR count). The molecule has 0 radical (unpaired) electrons. The second kappa shape index (κ2) is 9.05. The number of hydrogen-bond donors (Lipinski definition) is 2. The molecule has 2 bridgehead atoms. The van der Waals surface area contributed by atoms with Crippen molar-refractivity contribution in [1.82, 2.24) is 14.8 Å². The van der Waals surface area contributed by atoms with Crippen molar-refractivity contribution >= 4 is 21.7 Å². The number of anilines is 1. The minimum absolute atomic E-state index is 0.0196. The van der Waals surface area contributed by atoms with Crippen LogP contribution in [0.15, 0.2) is 46.1 Å². The van der Waals surface area contributed by atoms with Crippen LogP contribution in [-0.2, 0) is 16.6 Å². The summed E-state index contributed by atoms with van der Waals surface area (Å²) >= 11 is 0. The summed E-state index contributed by atoms with van der Waals surface area (Å²) in [5.41, 5.74) is 0.317. The number of aromatic nitrogens is 1. The summed E-state index contributed by atoms with van der Waals surface area (Å²) < 4.78 is 42.8. The van der Waals surface area contributed by atoms with E-state index < -0.39 is 21.4 Å². The molecule has 1 aliphatic carbocycles. The van der Waals surface area contributed by atoms with Crippen LogP contribution in [0.3, 0.4) is 0 Å². The fourth-order valence-corrected chi connectivity index (χ4v) is 6.63. The van der Waals surface area contributed by atoms with Crippen molar-refractivity contribution in [2.45, 2.75) is 61.9 Å². The minimum Gasteiger partial charge on any atom is -0.335 e. The average molecular weight is 489 g/mol. The van der Waals surface area contributed by atoms with Gasteiger partial charge in [-0.3, -0.25) is 9.52 Å². The van der Waals surface area contributed by atoms with Crippen LogP contribution in [0.1, 0.15) is 50.1 Å². The van der Waals surface area contributed by atoms with Crippen molar-refractivity contribution in [3.05, 3.63) is 58.3 Å². The first-order chi connectivity index (χ1) is 16.3. The molecule has 34 heavy (non-hydrogen) atoms. The number of rotatable bonds is 4. The van der Waals surface area contributed by atoms with Gasteiger partial charge in [0.25, 0.3) is 15.6 Å². The number of amides is 2. The number of carbonyl (C=O) groups excluding carboxylic acids is 1. The SMILES string of the molecule is O=C(NC1CCCCC1)N1C[C@@H]2C[C@H](C1)c1ccc(NS(=O)(=O)c3cccc(F)c3)c(=O)n1C2. The zero-order valence-corrected chi connectivity index (χ0v) is 19.7. The topological polar surface area (TPSA) is 101 Å². The monoisotopic (exact) mass is 488 g/mol. The molecule has 182 valence electrons. The van der Waals surface area contributed by atoms with Gasteiger partial charge in [0, 0.05) is 37.3 Å². The minimum atomic E-state index is -4.10. The van der Waals surface area contributed by atoms with E-state index in [-0.39, 0.29) is 34.5 Å². The van der Waals surface area contributed by atoms with E-state index in [0.29, 0.717) is 19.6 Å². The number of hydrogen-bond acceptors (Lipinski definition) is 4. The van der Waals surface area contributed by atoms with E-state index in [4.69, 9.17) is 0 Å². The maximum Gasteiger partial charge on any atom is 0.317 e. The zero-order chi connectivity index (χ0) is 23.9. The van der Waals surface area contributed by atoms with Gasteiger partial charge >= 0.3 is 6.03 Å². The maximum atomic E-state index is 13.5. The summed E-state index contributed by atoms with van der Waals surface area (Å²) in [5.74, 6) is -0.530. The van der Waals surface area contributed by atoms with Gasteiger partial charge in [-0.2, -0.15) is 0 Å².